The Kier molecular flexibility index (Phi) is 3.01. The highest BCUT2D eigenvalue weighted by molar-refractivity contribution is 9.10. The molecule has 2 aromatic rings. The van der Waals surface area contributed by atoms with Gasteiger partial charge in [0.15, 0.2) is 0 Å². The predicted octanol–water partition coefficient (Wildman–Crippen LogP) is 2.89. The Bertz CT molecular complexity index is 517. The maximum absolute atomic E-state index is 5.95. The van der Waals surface area contributed by atoms with Crippen LogP contribution in [0.3, 0.4) is 0 Å². The van der Waals surface area contributed by atoms with E-state index in [2.05, 4.69) is 34.0 Å². The molecule has 0 bridgehead atoms. The summed E-state index contributed by atoms with van der Waals surface area (Å²) in [4.78, 5) is 0. The van der Waals surface area contributed by atoms with Crippen molar-refractivity contribution >= 4 is 21.6 Å². The molecule has 2 rings (SSSR count). The van der Waals surface area contributed by atoms with Gasteiger partial charge in [-0.15, -0.1) is 0 Å². The third-order valence-corrected chi connectivity index (χ3v) is 3.02. The zero-order chi connectivity index (χ0) is 11.7. The first-order valence-electron chi connectivity index (χ1n) is 5.11. The second kappa shape index (κ2) is 4.29. The molecule has 0 saturated carbocycles. The fraction of sp³-hybridized carbons (Fsp3) is 0.250. The van der Waals surface area contributed by atoms with Crippen molar-refractivity contribution in [2.45, 2.75) is 20.4 Å². The number of halogens is 1. The summed E-state index contributed by atoms with van der Waals surface area (Å²) in [6, 6.07) is 8.00. The van der Waals surface area contributed by atoms with E-state index in [1.807, 2.05) is 29.8 Å². The van der Waals surface area contributed by atoms with E-state index in [9.17, 15) is 0 Å². The summed E-state index contributed by atoms with van der Waals surface area (Å²) in [5.41, 5.74) is 10.0. The number of hydrogen-bond acceptors (Lipinski definition) is 2. The van der Waals surface area contributed by atoms with Crippen LogP contribution in [0.5, 0.6) is 0 Å². The van der Waals surface area contributed by atoms with Gasteiger partial charge in [-0.3, -0.25) is 4.68 Å². The minimum Gasteiger partial charge on any atom is -0.398 e. The van der Waals surface area contributed by atoms with Crippen LogP contribution in [0.25, 0.3) is 0 Å². The van der Waals surface area contributed by atoms with Gasteiger partial charge in [0.05, 0.1) is 12.2 Å². The SMILES string of the molecule is Cc1cc(C)n(Cc2ccc(Br)cc2N)n1. The van der Waals surface area contributed by atoms with E-state index in [0.29, 0.717) is 0 Å². The monoisotopic (exact) mass is 279 g/mol. The highest BCUT2D eigenvalue weighted by Crippen LogP contribution is 2.19. The van der Waals surface area contributed by atoms with Crippen molar-refractivity contribution in [3.63, 3.8) is 0 Å². The number of aromatic nitrogens is 2. The van der Waals surface area contributed by atoms with Crippen LogP contribution in [0.1, 0.15) is 17.0 Å². The summed E-state index contributed by atoms with van der Waals surface area (Å²) in [6.07, 6.45) is 0. The Morgan fingerprint density at radius 2 is 2.06 bits per heavy atom. The van der Waals surface area contributed by atoms with E-state index in [4.69, 9.17) is 5.73 Å². The van der Waals surface area contributed by atoms with E-state index in [1.165, 1.54) is 0 Å². The molecule has 0 aliphatic rings. The Morgan fingerprint density at radius 3 is 2.62 bits per heavy atom. The lowest BCUT2D eigenvalue weighted by Gasteiger charge is -2.08. The summed E-state index contributed by atoms with van der Waals surface area (Å²) in [5, 5.41) is 4.42. The largest absolute Gasteiger partial charge is 0.398 e. The molecule has 0 aliphatic carbocycles. The maximum Gasteiger partial charge on any atom is 0.0682 e. The van der Waals surface area contributed by atoms with E-state index >= 15 is 0 Å². The summed E-state index contributed by atoms with van der Waals surface area (Å²) in [7, 11) is 0. The normalized spacial score (nSPS) is 10.7. The zero-order valence-electron chi connectivity index (χ0n) is 9.37. The molecule has 0 amide bonds. The average Bonchev–Trinajstić information content (AvgIpc) is 2.50. The zero-order valence-corrected chi connectivity index (χ0v) is 11.0. The third kappa shape index (κ3) is 2.27. The first kappa shape index (κ1) is 11.2. The summed E-state index contributed by atoms with van der Waals surface area (Å²) in [6.45, 7) is 4.77. The molecular formula is C12H14BrN3. The molecule has 3 nitrogen and oxygen atoms in total. The number of aryl methyl sites for hydroxylation is 2. The Hall–Kier alpha value is -1.29. The Balaban J connectivity index is 2.30. The number of benzene rings is 1. The molecule has 16 heavy (non-hydrogen) atoms. The first-order valence-corrected chi connectivity index (χ1v) is 5.90. The van der Waals surface area contributed by atoms with Gasteiger partial charge in [0.1, 0.15) is 0 Å². The quantitative estimate of drug-likeness (QED) is 0.860. The molecule has 0 atom stereocenters. The van der Waals surface area contributed by atoms with Crippen LogP contribution in [0, 0.1) is 13.8 Å². The minimum atomic E-state index is 0.721. The van der Waals surface area contributed by atoms with Gasteiger partial charge in [-0.2, -0.15) is 5.10 Å². The number of nitrogen functional groups attached to an aromatic ring is 1. The number of anilines is 1. The lowest BCUT2D eigenvalue weighted by atomic mass is 10.2. The van der Waals surface area contributed by atoms with Gasteiger partial charge in [-0.1, -0.05) is 22.0 Å². The number of nitrogens with zero attached hydrogens (tertiary/aromatic N) is 2. The van der Waals surface area contributed by atoms with Crippen LogP contribution in [-0.2, 0) is 6.54 Å². The molecule has 0 saturated heterocycles. The lowest BCUT2D eigenvalue weighted by Crippen LogP contribution is -2.06. The molecule has 0 unspecified atom stereocenters. The van der Waals surface area contributed by atoms with E-state index in [1.54, 1.807) is 0 Å². The van der Waals surface area contributed by atoms with Crippen LogP contribution in [0.15, 0.2) is 28.7 Å². The van der Waals surface area contributed by atoms with E-state index in [-0.39, 0.29) is 0 Å². The van der Waals surface area contributed by atoms with Gasteiger partial charge in [0, 0.05) is 15.9 Å². The second-order valence-electron chi connectivity index (χ2n) is 3.93. The van der Waals surface area contributed by atoms with Crippen LogP contribution < -0.4 is 5.73 Å². The van der Waals surface area contributed by atoms with Crippen molar-refractivity contribution in [3.8, 4) is 0 Å². The summed E-state index contributed by atoms with van der Waals surface area (Å²) < 4.78 is 2.97. The smallest absolute Gasteiger partial charge is 0.0682 e. The van der Waals surface area contributed by atoms with Crippen molar-refractivity contribution in [2.24, 2.45) is 0 Å². The summed E-state index contributed by atoms with van der Waals surface area (Å²) >= 11 is 3.40. The molecular weight excluding hydrogens is 266 g/mol. The van der Waals surface area contributed by atoms with Gasteiger partial charge < -0.3 is 5.73 Å². The van der Waals surface area contributed by atoms with Crippen molar-refractivity contribution in [3.05, 3.63) is 45.7 Å². The number of rotatable bonds is 2. The van der Waals surface area contributed by atoms with Crippen LogP contribution in [0.2, 0.25) is 0 Å². The molecule has 2 N–H and O–H groups in total. The van der Waals surface area contributed by atoms with Gasteiger partial charge >= 0.3 is 0 Å². The van der Waals surface area contributed by atoms with Crippen molar-refractivity contribution in [1.29, 1.82) is 0 Å². The Labute approximate surface area is 103 Å². The van der Waals surface area contributed by atoms with Crippen LogP contribution >= 0.6 is 15.9 Å². The van der Waals surface area contributed by atoms with Crippen molar-refractivity contribution < 1.29 is 0 Å². The molecule has 0 aliphatic heterocycles. The van der Waals surface area contributed by atoms with Crippen LogP contribution in [0.4, 0.5) is 5.69 Å². The molecule has 1 aromatic carbocycles. The highest BCUT2D eigenvalue weighted by Gasteiger charge is 2.04. The second-order valence-corrected chi connectivity index (χ2v) is 4.84. The van der Waals surface area contributed by atoms with E-state index in [0.717, 1.165) is 33.7 Å². The van der Waals surface area contributed by atoms with E-state index < -0.39 is 0 Å². The van der Waals surface area contributed by atoms with Gasteiger partial charge in [-0.05, 0) is 37.6 Å². The van der Waals surface area contributed by atoms with Gasteiger partial charge in [-0.25, -0.2) is 0 Å². The average molecular weight is 280 g/mol. The topological polar surface area (TPSA) is 43.8 Å². The number of nitrogens with two attached hydrogens (primary N) is 1. The van der Waals surface area contributed by atoms with Gasteiger partial charge in [0.25, 0.3) is 0 Å². The standard InChI is InChI=1S/C12H14BrN3/c1-8-5-9(2)16(15-8)7-10-3-4-11(13)6-12(10)14/h3-6H,7,14H2,1-2H3. The highest BCUT2D eigenvalue weighted by atomic mass is 79.9. The van der Waals surface area contributed by atoms with Crippen molar-refractivity contribution in [2.75, 3.05) is 5.73 Å². The molecule has 4 heteroatoms. The fourth-order valence-electron chi connectivity index (χ4n) is 1.71. The fourth-order valence-corrected chi connectivity index (χ4v) is 2.08. The molecule has 84 valence electrons. The molecule has 0 fully saturated rings. The lowest BCUT2D eigenvalue weighted by molar-refractivity contribution is 0.660. The first-order chi connectivity index (χ1) is 7.56. The molecule has 1 heterocycles. The van der Waals surface area contributed by atoms with Crippen molar-refractivity contribution in [1.82, 2.24) is 9.78 Å². The minimum absolute atomic E-state index is 0.721. The third-order valence-electron chi connectivity index (χ3n) is 2.53. The Morgan fingerprint density at radius 1 is 1.31 bits per heavy atom. The predicted molar refractivity (Wildman–Crippen MR) is 69.4 cm³/mol. The van der Waals surface area contributed by atoms with Crippen LogP contribution in [-0.4, -0.2) is 9.78 Å². The molecule has 0 spiro atoms. The van der Waals surface area contributed by atoms with Gasteiger partial charge in [0.2, 0.25) is 0 Å². The molecule has 0 radical (unpaired) electrons. The number of hydrogen-bond donors (Lipinski definition) is 1. The summed E-state index contributed by atoms with van der Waals surface area (Å²) in [5.74, 6) is 0. The molecule has 1 aromatic heterocycles. The maximum atomic E-state index is 5.95.